The van der Waals surface area contributed by atoms with Crippen LogP contribution in [0.2, 0.25) is 0 Å². The van der Waals surface area contributed by atoms with Crippen LogP contribution in [0.1, 0.15) is 39.2 Å². The van der Waals surface area contributed by atoms with Crippen LogP contribution < -0.4 is 10.1 Å². The summed E-state index contributed by atoms with van der Waals surface area (Å²) in [6, 6.07) is 8.09. The highest BCUT2D eigenvalue weighted by Gasteiger charge is 2.27. The first-order chi connectivity index (χ1) is 12.5. The quantitative estimate of drug-likeness (QED) is 0.480. The van der Waals surface area contributed by atoms with Gasteiger partial charge in [-0.05, 0) is 51.3 Å². The van der Waals surface area contributed by atoms with Crippen LogP contribution in [-0.4, -0.2) is 49.7 Å². The second kappa shape index (κ2) is 10.0. The zero-order chi connectivity index (χ0) is 18.9. The first kappa shape index (κ1) is 20.1. The summed E-state index contributed by atoms with van der Waals surface area (Å²) in [4.78, 5) is 18.5. The van der Waals surface area contributed by atoms with E-state index < -0.39 is 0 Å². The molecular weight excluding hydrogens is 330 g/mol. The Morgan fingerprint density at radius 1 is 1.35 bits per heavy atom. The third-order valence-corrected chi connectivity index (χ3v) is 4.35. The maximum Gasteiger partial charge on any atom is 0.309 e. The number of nitrogens with one attached hydrogen (secondary N) is 1. The van der Waals surface area contributed by atoms with Crippen molar-refractivity contribution < 1.29 is 14.3 Å². The second-order valence-electron chi connectivity index (χ2n) is 6.73. The molecule has 0 unspecified atom stereocenters. The van der Waals surface area contributed by atoms with Gasteiger partial charge in [0, 0.05) is 26.7 Å². The van der Waals surface area contributed by atoms with Crippen LogP contribution in [0.15, 0.2) is 29.3 Å². The van der Waals surface area contributed by atoms with Crippen molar-refractivity contribution in [2.75, 3.05) is 26.7 Å². The molecule has 2 rings (SSSR count). The molecule has 144 valence electrons. The van der Waals surface area contributed by atoms with Gasteiger partial charge in [-0.15, -0.1) is 0 Å². The number of hydrogen-bond donors (Lipinski definition) is 1. The van der Waals surface area contributed by atoms with Crippen molar-refractivity contribution >= 4 is 11.9 Å². The normalized spacial score (nSPS) is 15.9. The van der Waals surface area contributed by atoms with Gasteiger partial charge in [-0.2, -0.15) is 0 Å². The molecule has 0 spiro atoms. The van der Waals surface area contributed by atoms with E-state index in [9.17, 15) is 4.79 Å². The molecule has 6 nitrogen and oxygen atoms in total. The number of piperidine rings is 1. The van der Waals surface area contributed by atoms with Gasteiger partial charge in [0.15, 0.2) is 5.96 Å². The number of guanidine groups is 1. The molecule has 0 amide bonds. The van der Waals surface area contributed by atoms with Crippen LogP contribution in [0.5, 0.6) is 5.75 Å². The molecule has 0 aromatic heterocycles. The Labute approximate surface area is 156 Å². The predicted octanol–water partition coefficient (Wildman–Crippen LogP) is 2.82. The summed E-state index contributed by atoms with van der Waals surface area (Å²) in [7, 11) is 1.79. The second-order valence-corrected chi connectivity index (χ2v) is 6.73. The summed E-state index contributed by atoms with van der Waals surface area (Å²) in [5, 5.41) is 3.41. The molecule has 0 atom stereocenters. The van der Waals surface area contributed by atoms with Crippen LogP contribution in [-0.2, 0) is 16.1 Å². The highest BCUT2D eigenvalue weighted by atomic mass is 16.5. The average Bonchev–Trinajstić information content (AvgIpc) is 2.63. The minimum absolute atomic E-state index is 0.00849. The maximum atomic E-state index is 11.9. The van der Waals surface area contributed by atoms with E-state index >= 15 is 0 Å². The van der Waals surface area contributed by atoms with Gasteiger partial charge in [-0.3, -0.25) is 9.79 Å². The molecule has 0 saturated carbocycles. The highest BCUT2D eigenvalue weighted by molar-refractivity contribution is 5.80. The molecule has 1 aliphatic heterocycles. The zero-order valence-electron chi connectivity index (χ0n) is 16.3. The first-order valence-corrected chi connectivity index (χ1v) is 9.41. The van der Waals surface area contributed by atoms with Gasteiger partial charge in [0.2, 0.25) is 0 Å². The zero-order valence-corrected chi connectivity index (χ0v) is 16.3. The topological polar surface area (TPSA) is 63.2 Å². The van der Waals surface area contributed by atoms with Gasteiger partial charge in [-0.25, -0.2) is 0 Å². The summed E-state index contributed by atoms with van der Waals surface area (Å²) in [6.07, 6.45) is 1.76. The monoisotopic (exact) mass is 361 g/mol. The lowest BCUT2D eigenvalue weighted by molar-refractivity contribution is -0.149. The third kappa shape index (κ3) is 5.93. The summed E-state index contributed by atoms with van der Waals surface area (Å²) in [5.74, 6) is 1.68. The molecule has 1 aromatic carbocycles. The fraction of sp³-hybridized carbons (Fsp3) is 0.600. The standard InChI is InChI=1S/C20H31N3O3/c1-5-25-19(24)17-9-11-23(12-10-17)20(21-4)22-14-16-7-6-8-18(13-16)26-15(2)3/h6-8,13,15,17H,5,9-12,14H2,1-4H3,(H,21,22). The average molecular weight is 361 g/mol. The third-order valence-electron chi connectivity index (χ3n) is 4.35. The van der Waals surface area contributed by atoms with E-state index in [1.54, 1.807) is 7.05 Å². The van der Waals surface area contributed by atoms with E-state index in [2.05, 4.69) is 21.3 Å². The van der Waals surface area contributed by atoms with Crippen LogP contribution in [0.4, 0.5) is 0 Å². The number of aliphatic imine (C=N–C) groups is 1. The van der Waals surface area contributed by atoms with Crippen molar-refractivity contribution in [1.82, 2.24) is 10.2 Å². The molecule has 26 heavy (non-hydrogen) atoms. The van der Waals surface area contributed by atoms with E-state index in [0.29, 0.717) is 13.2 Å². The number of ether oxygens (including phenoxy) is 2. The fourth-order valence-corrected chi connectivity index (χ4v) is 3.10. The molecule has 0 aliphatic carbocycles. The van der Waals surface area contributed by atoms with Gasteiger partial charge in [-0.1, -0.05) is 12.1 Å². The number of nitrogens with zero attached hydrogens (tertiary/aromatic N) is 2. The number of esters is 1. The van der Waals surface area contributed by atoms with Crippen molar-refractivity contribution in [3.8, 4) is 5.75 Å². The molecule has 1 heterocycles. The summed E-state index contributed by atoms with van der Waals surface area (Å²) >= 11 is 0. The van der Waals surface area contributed by atoms with Gasteiger partial charge >= 0.3 is 5.97 Å². The Bertz CT molecular complexity index is 608. The van der Waals surface area contributed by atoms with Crippen molar-refractivity contribution in [3.05, 3.63) is 29.8 Å². The molecular formula is C20H31N3O3. The van der Waals surface area contributed by atoms with Gasteiger partial charge in [0.1, 0.15) is 5.75 Å². The van der Waals surface area contributed by atoms with E-state index in [-0.39, 0.29) is 18.0 Å². The van der Waals surface area contributed by atoms with E-state index in [0.717, 1.165) is 43.2 Å². The molecule has 1 N–H and O–H groups in total. The smallest absolute Gasteiger partial charge is 0.309 e. The van der Waals surface area contributed by atoms with Crippen molar-refractivity contribution in [1.29, 1.82) is 0 Å². The van der Waals surface area contributed by atoms with Crippen molar-refractivity contribution in [2.45, 2.75) is 46.3 Å². The summed E-state index contributed by atoms with van der Waals surface area (Å²) < 4.78 is 10.9. The lowest BCUT2D eigenvalue weighted by Crippen LogP contribution is -2.46. The fourth-order valence-electron chi connectivity index (χ4n) is 3.10. The molecule has 6 heteroatoms. The van der Waals surface area contributed by atoms with E-state index in [4.69, 9.17) is 9.47 Å². The van der Waals surface area contributed by atoms with E-state index in [1.807, 2.05) is 39.0 Å². The molecule has 1 fully saturated rings. The van der Waals surface area contributed by atoms with E-state index in [1.165, 1.54) is 0 Å². The van der Waals surface area contributed by atoms with Crippen molar-refractivity contribution in [2.24, 2.45) is 10.9 Å². The van der Waals surface area contributed by atoms with Crippen LogP contribution >= 0.6 is 0 Å². The Morgan fingerprint density at radius 2 is 2.08 bits per heavy atom. The van der Waals surface area contributed by atoms with Crippen molar-refractivity contribution in [3.63, 3.8) is 0 Å². The first-order valence-electron chi connectivity index (χ1n) is 9.41. The molecule has 1 aromatic rings. The Kier molecular flexibility index (Phi) is 7.75. The molecule has 0 radical (unpaired) electrons. The van der Waals surface area contributed by atoms with Gasteiger partial charge < -0.3 is 19.7 Å². The highest BCUT2D eigenvalue weighted by Crippen LogP contribution is 2.19. The predicted molar refractivity (Wildman–Crippen MR) is 103 cm³/mol. The lowest BCUT2D eigenvalue weighted by Gasteiger charge is -2.33. The minimum Gasteiger partial charge on any atom is -0.491 e. The summed E-state index contributed by atoms with van der Waals surface area (Å²) in [5.41, 5.74) is 1.14. The molecule has 1 saturated heterocycles. The molecule has 1 aliphatic rings. The number of benzene rings is 1. The maximum absolute atomic E-state index is 11.9. The SMILES string of the molecule is CCOC(=O)C1CCN(C(=NC)NCc2cccc(OC(C)C)c2)CC1. The van der Waals surface area contributed by atoms with Crippen LogP contribution in [0.3, 0.4) is 0 Å². The van der Waals surface area contributed by atoms with Crippen LogP contribution in [0, 0.1) is 5.92 Å². The number of carbonyl (C=O) groups excluding carboxylic acids is 1. The summed E-state index contributed by atoms with van der Waals surface area (Å²) in [6.45, 7) is 8.63. The Hall–Kier alpha value is -2.24. The number of carbonyl (C=O) groups is 1. The Morgan fingerprint density at radius 3 is 2.69 bits per heavy atom. The molecule has 0 bridgehead atoms. The Balaban J connectivity index is 1.86. The largest absolute Gasteiger partial charge is 0.491 e. The minimum atomic E-state index is -0.0722. The lowest BCUT2D eigenvalue weighted by atomic mass is 9.97. The number of likely N-dealkylation sites (tertiary alicyclic amines) is 1. The van der Waals surface area contributed by atoms with Gasteiger partial charge in [0.25, 0.3) is 0 Å². The van der Waals surface area contributed by atoms with Crippen LogP contribution in [0.25, 0.3) is 0 Å². The number of hydrogen-bond acceptors (Lipinski definition) is 4. The number of rotatable bonds is 6. The van der Waals surface area contributed by atoms with Gasteiger partial charge in [0.05, 0.1) is 18.6 Å².